The Bertz CT molecular complexity index is 578. The minimum atomic E-state index is -0.410. The summed E-state index contributed by atoms with van der Waals surface area (Å²) in [4.78, 5) is 0. The summed E-state index contributed by atoms with van der Waals surface area (Å²) in [6.45, 7) is 0.817. The van der Waals surface area contributed by atoms with Crippen LogP contribution in [0, 0.1) is 5.82 Å². The van der Waals surface area contributed by atoms with E-state index in [1.165, 1.54) is 6.07 Å². The van der Waals surface area contributed by atoms with Crippen molar-refractivity contribution in [2.24, 2.45) is 0 Å². The Balaban J connectivity index is 2.09. The Morgan fingerprint density at radius 1 is 1.20 bits per heavy atom. The first-order valence-corrected chi connectivity index (χ1v) is 7.06. The Labute approximate surface area is 125 Å². The van der Waals surface area contributed by atoms with E-state index in [9.17, 15) is 4.39 Å². The summed E-state index contributed by atoms with van der Waals surface area (Å²) in [5.41, 5.74) is 0.867. The van der Waals surface area contributed by atoms with Crippen LogP contribution in [0.25, 0.3) is 0 Å². The highest BCUT2D eigenvalue weighted by molar-refractivity contribution is 9.10. The van der Waals surface area contributed by atoms with E-state index in [1.807, 2.05) is 12.1 Å². The van der Waals surface area contributed by atoms with Crippen LogP contribution in [0.2, 0.25) is 0 Å². The SMILES string of the molecule is OCCCNc1cccc(Oc2cc(Br)ccc2F)c1. The van der Waals surface area contributed by atoms with Crippen LogP contribution in [0.3, 0.4) is 0 Å². The van der Waals surface area contributed by atoms with Crippen molar-refractivity contribution in [2.45, 2.75) is 6.42 Å². The van der Waals surface area contributed by atoms with Crippen LogP contribution in [-0.4, -0.2) is 18.3 Å². The fourth-order valence-electron chi connectivity index (χ4n) is 1.66. The quantitative estimate of drug-likeness (QED) is 0.776. The first kappa shape index (κ1) is 14.8. The molecule has 3 nitrogen and oxygen atoms in total. The van der Waals surface area contributed by atoms with Crippen LogP contribution < -0.4 is 10.1 Å². The monoisotopic (exact) mass is 339 g/mol. The van der Waals surface area contributed by atoms with Gasteiger partial charge in [-0.3, -0.25) is 0 Å². The van der Waals surface area contributed by atoms with Crippen molar-refractivity contribution in [3.63, 3.8) is 0 Å². The molecule has 2 aromatic carbocycles. The number of aliphatic hydroxyl groups excluding tert-OH is 1. The lowest BCUT2D eigenvalue weighted by Crippen LogP contribution is -2.03. The van der Waals surface area contributed by atoms with Gasteiger partial charge in [-0.1, -0.05) is 22.0 Å². The van der Waals surface area contributed by atoms with Crippen molar-refractivity contribution in [2.75, 3.05) is 18.5 Å². The van der Waals surface area contributed by atoms with Gasteiger partial charge in [0.05, 0.1) is 0 Å². The highest BCUT2D eigenvalue weighted by Crippen LogP contribution is 2.28. The highest BCUT2D eigenvalue weighted by Gasteiger charge is 2.06. The van der Waals surface area contributed by atoms with Crippen molar-refractivity contribution >= 4 is 21.6 Å². The second-order valence-electron chi connectivity index (χ2n) is 4.21. The van der Waals surface area contributed by atoms with Gasteiger partial charge in [0, 0.05) is 29.4 Å². The number of benzene rings is 2. The van der Waals surface area contributed by atoms with Crippen molar-refractivity contribution in [1.82, 2.24) is 0 Å². The third-order valence-corrected chi connectivity index (χ3v) is 3.11. The molecule has 0 radical (unpaired) electrons. The third kappa shape index (κ3) is 4.21. The maximum absolute atomic E-state index is 13.6. The molecule has 106 valence electrons. The lowest BCUT2D eigenvalue weighted by Gasteiger charge is -2.10. The summed E-state index contributed by atoms with van der Waals surface area (Å²) in [5.74, 6) is 0.315. The molecule has 5 heteroatoms. The summed E-state index contributed by atoms with van der Waals surface area (Å²) >= 11 is 3.28. The molecule has 2 N–H and O–H groups in total. The van der Waals surface area contributed by atoms with Crippen LogP contribution in [0.4, 0.5) is 10.1 Å². The molecule has 0 atom stereocenters. The van der Waals surface area contributed by atoms with Gasteiger partial charge in [0.15, 0.2) is 11.6 Å². The molecule has 0 spiro atoms. The normalized spacial score (nSPS) is 10.3. The molecule has 0 fully saturated rings. The molecule has 0 amide bonds. The Hall–Kier alpha value is -1.59. The third-order valence-electron chi connectivity index (χ3n) is 2.62. The molecule has 0 saturated carbocycles. The number of hydrogen-bond acceptors (Lipinski definition) is 3. The minimum absolute atomic E-state index is 0.145. The topological polar surface area (TPSA) is 41.5 Å². The lowest BCUT2D eigenvalue weighted by molar-refractivity contribution is 0.292. The molecule has 20 heavy (non-hydrogen) atoms. The van der Waals surface area contributed by atoms with Gasteiger partial charge in [-0.25, -0.2) is 4.39 Å². The van der Waals surface area contributed by atoms with Gasteiger partial charge in [-0.05, 0) is 36.8 Å². The standard InChI is InChI=1S/C15H15BrFNO2/c16-11-5-6-14(17)15(9-11)20-13-4-1-3-12(10-13)18-7-2-8-19/h1,3-6,9-10,18-19H,2,7-8H2. The molecular formula is C15H15BrFNO2. The number of nitrogens with one attached hydrogen (secondary N) is 1. The van der Waals surface area contributed by atoms with Crippen LogP contribution in [0.15, 0.2) is 46.9 Å². The van der Waals surface area contributed by atoms with E-state index in [2.05, 4.69) is 21.2 Å². The van der Waals surface area contributed by atoms with Gasteiger partial charge in [-0.2, -0.15) is 0 Å². The van der Waals surface area contributed by atoms with Gasteiger partial charge < -0.3 is 15.2 Å². The van der Waals surface area contributed by atoms with Gasteiger partial charge in [0.25, 0.3) is 0 Å². The van der Waals surface area contributed by atoms with E-state index >= 15 is 0 Å². The van der Waals surface area contributed by atoms with Gasteiger partial charge in [0.2, 0.25) is 0 Å². The number of ether oxygens (including phenoxy) is 1. The van der Waals surface area contributed by atoms with Crippen molar-refractivity contribution in [3.05, 3.63) is 52.8 Å². The smallest absolute Gasteiger partial charge is 0.165 e. The summed E-state index contributed by atoms with van der Waals surface area (Å²) in [6, 6.07) is 11.8. The first-order valence-electron chi connectivity index (χ1n) is 6.27. The predicted molar refractivity (Wildman–Crippen MR) is 80.8 cm³/mol. The number of aliphatic hydroxyl groups is 1. The van der Waals surface area contributed by atoms with Crippen LogP contribution in [-0.2, 0) is 0 Å². The molecular weight excluding hydrogens is 325 g/mol. The van der Waals surface area contributed by atoms with E-state index < -0.39 is 5.82 Å². The number of anilines is 1. The highest BCUT2D eigenvalue weighted by atomic mass is 79.9. The zero-order valence-corrected chi connectivity index (χ0v) is 12.4. The molecule has 0 bridgehead atoms. The average molecular weight is 340 g/mol. The van der Waals surface area contributed by atoms with Crippen molar-refractivity contribution in [1.29, 1.82) is 0 Å². The fraction of sp³-hybridized carbons (Fsp3) is 0.200. The van der Waals surface area contributed by atoms with E-state index in [0.29, 0.717) is 18.7 Å². The maximum atomic E-state index is 13.6. The first-order chi connectivity index (χ1) is 9.69. The summed E-state index contributed by atoms with van der Waals surface area (Å²) < 4.78 is 19.9. The zero-order chi connectivity index (χ0) is 14.4. The number of halogens is 2. The van der Waals surface area contributed by atoms with Crippen molar-refractivity contribution in [3.8, 4) is 11.5 Å². The van der Waals surface area contributed by atoms with Gasteiger partial charge in [0.1, 0.15) is 5.75 Å². The summed E-state index contributed by atoms with van der Waals surface area (Å²) in [6.07, 6.45) is 0.672. The van der Waals surface area contributed by atoms with Crippen LogP contribution in [0.1, 0.15) is 6.42 Å². The molecule has 2 rings (SSSR count). The lowest BCUT2D eigenvalue weighted by atomic mass is 10.3. The van der Waals surface area contributed by atoms with E-state index in [0.717, 1.165) is 10.2 Å². The van der Waals surface area contributed by atoms with Crippen LogP contribution >= 0.6 is 15.9 Å². The molecule has 0 aliphatic carbocycles. The summed E-state index contributed by atoms with van der Waals surface area (Å²) in [7, 11) is 0. The minimum Gasteiger partial charge on any atom is -0.454 e. The van der Waals surface area contributed by atoms with Crippen molar-refractivity contribution < 1.29 is 14.2 Å². The average Bonchev–Trinajstić information content (AvgIpc) is 2.44. The van der Waals surface area contributed by atoms with E-state index in [1.54, 1.807) is 24.3 Å². The molecule has 0 heterocycles. The fourth-order valence-corrected chi connectivity index (χ4v) is 2.00. The summed E-state index contributed by atoms with van der Waals surface area (Å²) in [5, 5.41) is 11.9. The number of hydrogen-bond donors (Lipinski definition) is 2. The van der Waals surface area contributed by atoms with E-state index in [4.69, 9.17) is 9.84 Å². The van der Waals surface area contributed by atoms with Gasteiger partial charge >= 0.3 is 0 Å². The molecule has 2 aromatic rings. The molecule has 0 aromatic heterocycles. The molecule has 0 saturated heterocycles. The second kappa shape index (κ2) is 7.26. The number of rotatable bonds is 6. The Kier molecular flexibility index (Phi) is 5.38. The van der Waals surface area contributed by atoms with Crippen LogP contribution in [0.5, 0.6) is 11.5 Å². The van der Waals surface area contributed by atoms with E-state index in [-0.39, 0.29) is 12.4 Å². The Morgan fingerprint density at radius 2 is 2.05 bits per heavy atom. The molecule has 0 aliphatic heterocycles. The molecule has 0 unspecified atom stereocenters. The molecule has 0 aliphatic rings. The Morgan fingerprint density at radius 3 is 2.85 bits per heavy atom. The van der Waals surface area contributed by atoms with Gasteiger partial charge in [-0.15, -0.1) is 0 Å². The predicted octanol–water partition coefficient (Wildman–Crippen LogP) is 4.17. The maximum Gasteiger partial charge on any atom is 0.165 e. The zero-order valence-electron chi connectivity index (χ0n) is 10.8. The largest absolute Gasteiger partial charge is 0.454 e. The second-order valence-corrected chi connectivity index (χ2v) is 5.12.